The monoisotopic (exact) mass is 487 g/mol. The third-order valence-corrected chi connectivity index (χ3v) is 6.73. The minimum absolute atomic E-state index is 0.0515. The molecule has 1 saturated heterocycles. The van der Waals surface area contributed by atoms with Crippen LogP contribution in [-0.4, -0.2) is 42.3 Å². The maximum atomic E-state index is 14.6. The Kier molecular flexibility index (Phi) is 6.85. The highest BCUT2D eigenvalue weighted by molar-refractivity contribution is 7.92. The highest BCUT2D eigenvalue weighted by atomic mass is 32.2. The fourth-order valence-corrected chi connectivity index (χ4v) is 4.80. The van der Waals surface area contributed by atoms with E-state index in [1.165, 1.54) is 30.5 Å². The van der Waals surface area contributed by atoms with Gasteiger partial charge in [-0.05, 0) is 68.2 Å². The maximum absolute atomic E-state index is 14.6. The number of carbonyl (C=O) groups is 1. The maximum Gasteiger partial charge on any atom is 0.280 e. The molecule has 3 aromatic rings. The van der Waals surface area contributed by atoms with E-state index < -0.39 is 27.7 Å². The van der Waals surface area contributed by atoms with Crippen molar-refractivity contribution in [3.8, 4) is 0 Å². The molecule has 8 nitrogen and oxygen atoms in total. The van der Waals surface area contributed by atoms with Crippen LogP contribution < -0.4 is 10.0 Å². The van der Waals surface area contributed by atoms with Crippen LogP contribution >= 0.6 is 0 Å². The fraction of sp³-hybridized carbons (Fsp3) is 0.261. The first-order valence-electron chi connectivity index (χ1n) is 10.7. The molecule has 1 aromatic carbocycles. The van der Waals surface area contributed by atoms with Crippen molar-refractivity contribution in [2.45, 2.75) is 31.3 Å². The lowest BCUT2D eigenvalue weighted by atomic mass is 10.1. The zero-order valence-corrected chi connectivity index (χ0v) is 19.2. The molecule has 1 fully saturated rings. The second-order valence-corrected chi connectivity index (χ2v) is 9.63. The Hall–Kier alpha value is -3.44. The lowest BCUT2D eigenvalue weighted by Crippen LogP contribution is -2.23. The van der Waals surface area contributed by atoms with Gasteiger partial charge in [-0.15, -0.1) is 0 Å². The molecule has 34 heavy (non-hydrogen) atoms. The number of anilines is 2. The zero-order valence-electron chi connectivity index (χ0n) is 18.4. The van der Waals surface area contributed by atoms with Crippen molar-refractivity contribution in [1.82, 2.24) is 14.9 Å². The van der Waals surface area contributed by atoms with Gasteiger partial charge in [0.15, 0.2) is 5.03 Å². The molecule has 0 atom stereocenters. The molecular formula is C23H23F2N5O3S. The van der Waals surface area contributed by atoms with Crippen molar-refractivity contribution < 1.29 is 22.0 Å². The van der Waals surface area contributed by atoms with Crippen molar-refractivity contribution >= 4 is 27.4 Å². The summed E-state index contributed by atoms with van der Waals surface area (Å²) in [7, 11) is -4.15. The van der Waals surface area contributed by atoms with Gasteiger partial charge in [0.1, 0.15) is 11.6 Å². The van der Waals surface area contributed by atoms with Gasteiger partial charge in [0.25, 0.3) is 15.9 Å². The van der Waals surface area contributed by atoms with E-state index in [0.717, 1.165) is 32.0 Å². The predicted octanol–water partition coefficient (Wildman–Crippen LogP) is 3.71. The van der Waals surface area contributed by atoms with Crippen molar-refractivity contribution in [3.05, 3.63) is 77.1 Å². The van der Waals surface area contributed by atoms with E-state index in [-0.39, 0.29) is 22.1 Å². The molecule has 0 spiro atoms. The van der Waals surface area contributed by atoms with E-state index in [4.69, 9.17) is 0 Å². The molecule has 4 rings (SSSR count). The van der Waals surface area contributed by atoms with Gasteiger partial charge in [-0.1, -0.05) is 18.2 Å². The van der Waals surface area contributed by atoms with Crippen molar-refractivity contribution in [3.63, 3.8) is 0 Å². The molecule has 1 aliphatic heterocycles. The van der Waals surface area contributed by atoms with Gasteiger partial charge < -0.3 is 5.32 Å². The summed E-state index contributed by atoms with van der Waals surface area (Å²) < 4.78 is 55.2. The molecule has 0 saturated carbocycles. The molecular weight excluding hydrogens is 464 g/mol. The number of amides is 1. The number of pyridine rings is 2. The topological polar surface area (TPSA) is 104 Å². The Balaban J connectivity index is 1.53. The average molecular weight is 488 g/mol. The first-order valence-corrected chi connectivity index (χ1v) is 12.1. The number of sulfonamides is 1. The predicted molar refractivity (Wildman–Crippen MR) is 123 cm³/mol. The largest absolute Gasteiger partial charge is 0.320 e. The number of likely N-dealkylation sites (tertiary alicyclic amines) is 1. The highest BCUT2D eigenvalue weighted by Gasteiger charge is 2.22. The van der Waals surface area contributed by atoms with Gasteiger partial charge in [-0.3, -0.25) is 14.4 Å². The number of nitrogens with one attached hydrogen (secondary N) is 2. The average Bonchev–Trinajstić information content (AvgIpc) is 3.28. The van der Waals surface area contributed by atoms with E-state index >= 15 is 0 Å². The SMILES string of the molecule is Cc1cc(S(=O)(=O)Nc2cccc(F)n2)ncc1NC(=O)c1c(F)cccc1CN1CCCC1. The number of rotatable bonds is 7. The summed E-state index contributed by atoms with van der Waals surface area (Å²) in [5.74, 6) is -2.30. The molecule has 2 N–H and O–H groups in total. The molecule has 0 bridgehead atoms. The van der Waals surface area contributed by atoms with E-state index in [0.29, 0.717) is 17.7 Å². The second kappa shape index (κ2) is 9.82. The first-order chi connectivity index (χ1) is 16.2. The van der Waals surface area contributed by atoms with Crippen LogP contribution in [0.3, 0.4) is 0 Å². The number of nitrogens with zero attached hydrogens (tertiary/aromatic N) is 3. The van der Waals surface area contributed by atoms with Gasteiger partial charge >= 0.3 is 0 Å². The molecule has 0 unspecified atom stereocenters. The molecule has 11 heteroatoms. The third-order valence-electron chi connectivity index (χ3n) is 5.48. The number of carbonyl (C=O) groups excluding carboxylic acids is 1. The molecule has 0 aliphatic carbocycles. The van der Waals surface area contributed by atoms with E-state index in [1.807, 2.05) is 0 Å². The van der Waals surface area contributed by atoms with Crippen molar-refractivity contribution in [2.75, 3.05) is 23.1 Å². The summed E-state index contributed by atoms with van der Waals surface area (Å²) in [5, 5.41) is 2.29. The zero-order chi connectivity index (χ0) is 24.3. The Bertz CT molecular complexity index is 1330. The van der Waals surface area contributed by atoms with Crippen LogP contribution in [0.4, 0.5) is 20.3 Å². The Morgan fingerprint density at radius 1 is 1.12 bits per heavy atom. The summed E-state index contributed by atoms with van der Waals surface area (Å²) in [6.45, 7) is 3.85. The number of halogens is 2. The molecule has 0 radical (unpaired) electrons. The van der Waals surface area contributed by atoms with Crippen LogP contribution in [0.25, 0.3) is 0 Å². The smallest absolute Gasteiger partial charge is 0.280 e. The lowest BCUT2D eigenvalue weighted by molar-refractivity contribution is 0.102. The Morgan fingerprint density at radius 2 is 1.85 bits per heavy atom. The number of aryl methyl sites for hydroxylation is 1. The van der Waals surface area contributed by atoms with E-state index in [1.54, 1.807) is 19.1 Å². The third kappa shape index (κ3) is 5.37. The van der Waals surface area contributed by atoms with Gasteiger partial charge in [0, 0.05) is 6.54 Å². The number of hydrogen-bond acceptors (Lipinski definition) is 6. The Labute approximate surface area is 196 Å². The summed E-state index contributed by atoms with van der Waals surface area (Å²) >= 11 is 0. The molecule has 3 heterocycles. The highest BCUT2D eigenvalue weighted by Crippen LogP contribution is 2.23. The van der Waals surface area contributed by atoms with Crippen LogP contribution in [0.2, 0.25) is 0 Å². The molecule has 178 valence electrons. The number of aromatic nitrogens is 2. The lowest BCUT2D eigenvalue weighted by Gasteiger charge is -2.18. The van der Waals surface area contributed by atoms with Gasteiger partial charge in [0.05, 0.1) is 17.4 Å². The standard InChI is InChI=1S/C23H23F2N5O3S/c1-15-12-21(34(32,33)29-20-9-5-8-19(25)28-20)26-13-18(15)27-23(31)22-16(6-4-7-17(22)24)14-30-10-2-3-11-30/h4-9,12-13H,2-3,10-11,14H2,1H3,(H,27,31)(H,28,29). The van der Waals surface area contributed by atoms with Crippen molar-refractivity contribution in [1.29, 1.82) is 0 Å². The number of hydrogen-bond donors (Lipinski definition) is 2. The van der Waals surface area contributed by atoms with Crippen LogP contribution in [0, 0.1) is 18.7 Å². The number of benzene rings is 1. The summed E-state index contributed by atoms with van der Waals surface area (Å²) in [4.78, 5) is 22.5. The minimum atomic E-state index is -4.15. The minimum Gasteiger partial charge on any atom is -0.320 e. The van der Waals surface area contributed by atoms with Crippen LogP contribution in [0.1, 0.15) is 34.3 Å². The second-order valence-electron chi connectivity index (χ2n) is 8.00. The van der Waals surface area contributed by atoms with E-state index in [2.05, 4.69) is 24.9 Å². The van der Waals surface area contributed by atoms with Gasteiger partial charge in [-0.2, -0.15) is 12.8 Å². The first kappa shape index (κ1) is 23.7. The van der Waals surface area contributed by atoms with Crippen LogP contribution in [0.5, 0.6) is 0 Å². The van der Waals surface area contributed by atoms with Crippen LogP contribution in [-0.2, 0) is 16.6 Å². The summed E-state index contributed by atoms with van der Waals surface area (Å²) in [5.41, 5.74) is 1.16. The van der Waals surface area contributed by atoms with Gasteiger partial charge in [-0.25, -0.2) is 14.4 Å². The summed E-state index contributed by atoms with van der Waals surface area (Å²) in [6, 6.07) is 9.49. The normalized spacial score (nSPS) is 14.2. The fourth-order valence-electron chi connectivity index (χ4n) is 3.78. The van der Waals surface area contributed by atoms with E-state index in [9.17, 15) is 22.0 Å². The summed E-state index contributed by atoms with van der Waals surface area (Å²) in [6.07, 6.45) is 3.32. The molecule has 1 aliphatic rings. The molecule has 1 amide bonds. The van der Waals surface area contributed by atoms with Crippen molar-refractivity contribution in [2.24, 2.45) is 0 Å². The molecule has 2 aromatic heterocycles. The quantitative estimate of drug-likeness (QED) is 0.493. The van der Waals surface area contributed by atoms with Crippen LogP contribution in [0.15, 0.2) is 53.7 Å². The Morgan fingerprint density at radius 3 is 2.56 bits per heavy atom. The van der Waals surface area contributed by atoms with Gasteiger partial charge in [0.2, 0.25) is 5.95 Å².